The van der Waals surface area contributed by atoms with Gasteiger partial charge in [0, 0.05) is 12.5 Å². The molecule has 1 saturated heterocycles. The van der Waals surface area contributed by atoms with Crippen molar-refractivity contribution in [1.82, 2.24) is 4.90 Å². The maximum Gasteiger partial charge on any atom is 0.258 e. The number of carbonyl (C=O) groups is 1. The number of hydrogen-bond donors (Lipinski definition) is 1. The first-order valence-electron chi connectivity index (χ1n) is 7.95. The molecule has 1 saturated carbocycles. The van der Waals surface area contributed by atoms with E-state index in [2.05, 4.69) is 0 Å². The summed E-state index contributed by atoms with van der Waals surface area (Å²) < 4.78 is 18.6. The van der Waals surface area contributed by atoms with E-state index in [0.717, 1.165) is 24.2 Å². The Morgan fingerprint density at radius 3 is 2.65 bits per heavy atom. The largest absolute Gasteiger partial charge is 0.468 e. The summed E-state index contributed by atoms with van der Waals surface area (Å²) in [5, 5.41) is 10.0. The molecule has 1 aromatic heterocycles. The van der Waals surface area contributed by atoms with Crippen LogP contribution in [0, 0.1) is 5.82 Å². The van der Waals surface area contributed by atoms with Crippen LogP contribution >= 0.6 is 0 Å². The Bertz CT molecular complexity index is 720. The second kappa shape index (κ2) is 5.49. The molecule has 120 valence electrons. The summed E-state index contributed by atoms with van der Waals surface area (Å²) in [5.74, 6) is 0.678. The molecule has 0 radical (unpaired) electrons. The number of hydrogen-bond acceptors (Lipinski definition) is 3. The number of halogens is 1. The molecule has 2 atom stereocenters. The van der Waals surface area contributed by atoms with Crippen molar-refractivity contribution in [3.8, 4) is 0 Å². The molecule has 0 spiro atoms. The molecule has 1 N–H and O–H groups in total. The zero-order valence-electron chi connectivity index (χ0n) is 12.6. The number of aliphatic hydroxyl groups is 1. The highest BCUT2D eigenvalue weighted by Crippen LogP contribution is 2.43. The number of rotatable bonds is 3. The molecule has 1 amide bonds. The normalized spacial score (nSPS) is 24.2. The number of aliphatic hydroxyl groups excluding tert-OH is 1. The molecule has 23 heavy (non-hydrogen) atoms. The lowest BCUT2D eigenvalue weighted by atomic mass is 10.0. The summed E-state index contributed by atoms with van der Waals surface area (Å²) in [5.41, 5.74) is 1.43. The van der Waals surface area contributed by atoms with Gasteiger partial charge in [0.15, 0.2) is 0 Å². The van der Waals surface area contributed by atoms with Crippen LogP contribution in [0.2, 0.25) is 0 Å². The lowest BCUT2D eigenvalue weighted by Gasteiger charge is -2.24. The van der Waals surface area contributed by atoms with E-state index in [1.165, 1.54) is 12.1 Å². The van der Waals surface area contributed by atoms with Crippen molar-refractivity contribution in [2.24, 2.45) is 0 Å². The first-order chi connectivity index (χ1) is 11.1. The van der Waals surface area contributed by atoms with Gasteiger partial charge in [0.05, 0.1) is 24.0 Å². The van der Waals surface area contributed by atoms with Gasteiger partial charge in [-0.15, -0.1) is 0 Å². The van der Waals surface area contributed by atoms with Crippen molar-refractivity contribution in [2.75, 3.05) is 6.54 Å². The smallest absolute Gasteiger partial charge is 0.258 e. The number of β-amino-alcohol motifs (C(OH)–C–C–N with tert-alkyl or cyclic N) is 1. The third-order valence-electron chi connectivity index (χ3n) is 4.67. The van der Waals surface area contributed by atoms with Crippen LogP contribution in [0.4, 0.5) is 4.39 Å². The van der Waals surface area contributed by atoms with Crippen molar-refractivity contribution in [1.29, 1.82) is 0 Å². The third-order valence-corrected chi connectivity index (χ3v) is 4.67. The van der Waals surface area contributed by atoms with E-state index in [9.17, 15) is 14.3 Å². The standard InChI is InChI=1S/C18H18FNO3/c19-13-5-3-11(4-6-13)16-9-14(21)10-20(16)18(22)15-7-8-23-17(15)12-1-2-12/h3-8,12,14,16,21H,1-2,9-10H2/t14-,16-/m1/s1. The molecule has 2 aliphatic rings. The summed E-state index contributed by atoms with van der Waals surface area (Å²) in [6, 6.07) is 7.60. The fourth-order valence-electron chi connectivity index (χ4n) is 3.35. The maximum atomic E-state index is 13.1. The molecule has 0 bridgehead atoms. The molecular formula is C18H18FNO3. The molecule has 1 aliphatic heterocycles. The van der Waals surface area contributed by atoms with Gasteiger partial charge < -0.3 is 14.4 Å². The van der Waals surface area contributed by atoms with Gasteiger partial charge in [-0.1, -0.05) is 12.1 Å². The van der Waals surface area contributed by atoms with Gasteiger partial charge in [0.2, 0.25) is 0 Å². The van der Waals surface area contributed by atoms with Gasteiger partial charge in [-0.3, -0.25) is 4.79 Å². The summed E-state index contributed by atoms with van der Waals surface area (Å²) in [6.07, 6.45) is 3.56. The predicted octanol–water partition coefficient (Wildman–Crippen LogP) is 3.24. The molecule has 1 aromatic carbocycles. The lowest BCUT2D eigenvalue weighted by Crippen LogP contribution is -2.32. The lowest BCUT2D eigenvalue weighted by molar-refractivity contribution is 0.0713. The Morgan fingerprint density at radius 1 is 1.22 bits per heavy atom. The number of amides is 1. The highest BCUT2D eigenvalue weighted by Gasteiger charge is 2.39. The van der Waals surface area contributed by atoms with Crippen molar-refractivity contribution in [3.05, 3.63) is 59.3 Å². The molecule has 2 fully saturated rings. The van der Waals surface area contributed by atoms with Crippen LogP contribution < -0.4 is 0 Å². The summed E-state index contributed by atoms with van der Waals surface area (Å²) in [6.45, 7) is 0.288. The maximum absolute atomic E-state index is 13.1. The molecule has 4 nitrogen and oxygen atoms in total. The van der Waals surface area contributed by atoms with Gasteiger partial charge in [-0.25, -0.2) is 4.39 Å². The molecular weight excluding hydrogens is 297 g/mol. The molecule has 1 aliphatic carbocycles. The Balaban J connectivity index is 1.64. The average molecular weight is 315 g/mol. The Morgan fingerprint density at radius 2 is 1.96 bits per heavy atom. The number of likely N-dealkylation sites (tertiary alicyclic amines) is 1. The second-order valence-corrected chi connectivity index (χ2v) is 6.39. The van der Waals surface area contributed by atoms with Crippen LogP contribution in [0.5, 0.6) is 0 Å². The predicted molar refractivity (Wildman–Crippen MR) is 81.5 cm³/mol. The summed E-state index contributed by atoms with van der Waals surface area (Å²) >= 11 is 0. The molecule has 2 heterocycles. The van der Waals surface area contributed by atoms with Crippen LogP contribution in [0.3, 0.4) is 0 Å². The van der Waals surface area contributed by atoms with Crippen LogP contribution in [0.15, 0.2) is 41.0 Å². The minimum Gasteiger partial charge on any atom is -0.468 e. The van der Waals surface area contributed by atoms with E-state index in [1.807, 2.05) is 0 Å². The van der Waals surface area contributed by atoms with Crippen LogP contribution in [-0.4, -0.2) is 28.6 Å². The fourth-order valence-corrected chi connectivity index (χ4v) is 3.35. The van der Waals surface area contributed by atoms with Gasteiger partial charge in [-0.05, 0) is 43.0 Å². The van der Waals surface area contributed by atoms with Crippen LogP contribution in [0.1, 0.15) is 52.9 Å². The van der Waals surface area contributed by atoms with Gasteiger partial charge in [-0.2, -0.15) is 0 Å². The van der Waals surface area contributed by atoms with Crippen molar-refractivity contribution in [3.63, 3.8) is 0 Å². The minimum atomic E-state index is -0.565. The van der Waals surface area contributed by atoms with Crippen molar-refractivity contribution >= 4 is 5.91 Å². The monoisotopic (exact) mass is 315 g/mol. The molecule has 2 aromatic rings. The quantitative estimate of drug-likeness (QED) is 0.946. The Kier molecular flexibility index (Phi) is 3.45. The molecule has 0 unspecified atom stereocenters. The first kappa shape index (κ1) is 14.5. The van der Waals surface area contributed by atoms with Gasteiger partial charge in [0.1, 0.15) is 11.6 Å². The van der Waals surface area contributed by atoms with E-state index in [-0.39, 0.29) is 24.3 Å². The van der Waals surface area contributed by atoms with E-state index in [1.54, 1.807) is 29.4 Å². The van der Waals surface area contributed by atoms with Crippen LogP contribution in [0.25, 0.3) is 0 Å². The number of benzene rings is 1. The Hall–Kier alpha value is -2.14. The van der Waals surface area contributed by atoms with E-state index < -0.39 is 6.10 Å². The number of furan rings is 1. The highest BCUT2D eigenvalue weighted by molar-refractivity contribution is 5.96. The number of carbonyl (C=O) groups excluding carboxylic acids is 1. The average Bonchev–Trinajstić information content (AvgIpc) is 3.14. The van der Waals surface area contributed by atoms with Gasteiger partial charge >= 0.3 is 0 Å². The van der Waals surface area contributed by atoms with Crippen LogP contribution in [-0.2, 0) is 0 Å². The number of nitrogens with zero attached hydrogens (tertiary/aromatic N) is 1. The minimum absolute atomic E-state index is 0.119. The van der Waals surface area contributed by atoms with E-state index in [0.29, 0.717) is 17.9 Å². The zero-order valence-corrected chi connectivity index (χ0v) is 12.6. The molecule has 5 heteroatoms. The molecule has 4 rings (SSSR count). The van der Waals surface area contributed by atoms with E-state index >= 15 is 0 Å². The Labute approximate surface area is 133 Å². The SMILES string of the molecule is O=C(c1ccoc1C1CC1)N1C[C@H](O)C[C@@H]1c1ccc(F)cc1. The topological polar surface area (TPSA) is 53.7 Å². The second-order valence-electron chi connectivity index (χ2n) is 6.39. The van der Waals surface area contributed by atoms with E-state index in [4.69, 9.17) is 4.42 Å². The first-order valence-corrected chi connectivity index (χ1v) is 7.95. The highest BCUT2D eigenvalue weighted by atomic mass is 19.1. The van der Waals surface area contributed by atoms with Crippen molar-refractivity contribution in [2.45, 2.75) is 37.3 Å². The van der Waals surface area contributed by atoms with Crippen molar-refractivity contribution < 1.29 is 18.7 Å². The fraction of sp³-hybridized carbons (Fsp3) is 0.389. The summed E-state index contributed by atoms with van der Waals surface area (Å²) in [7, 11) is 0. The zero-order chi connectivity index (χ0) is 16.0. The third kappa shape index (κ3) is 2.65. The van der Waals surface area contributed by atoms with Gasteiger partial charge in [0.25, 0.3) is 5.91 Å². The summed E-state index contributed by atoms with van der Waals surface area (Å²) in [4.78, 5) is 14.6.